The normalized spacial score (nSPS) is 17.4. The Hall–Kier alpha value is -1.16. The van der Waals surface area contributed by atoms with Crippen molar-refractivity contribution in [1.82, 2.24) is 25.1 Å². The van der Waals surface area contributed by atoms with Crippen molar-refractivity contribution in [2.45, 2.75) is 44.8 Å². The number of aromatic nitrogens is 2. The first-order chi connectivity index (χ1) is 12.1. The number of nitrogens with one attached hydrogen (secondary N) is 2. The molecule has 14 heteroatoms. The third kappa shape index (κ3) is 6.44. The summed E-state index contributed by atoms with van der Waals surface area (Å²) in [6, 6.07) is -0.195. The molecule has 1 aliphatic heterocycles. The van der Waals surface area contributed by atoms with Gasteiger partial charge in [0.2, 0.25) is 5.89 Å². The van der Waals surface area contributed by atoms with Gasteiger partial charge in [0, 0.05) is 32.6 Å². The summed E-state index contributed by atoms with van der Waals surface area (Å²) in [5, 5.41) is 9.83. The summed E-state index contributed by atoms with van der Waals surface area (Å²) >= 11 is 0. The third-order valence-electron chi connectivity index (χ3n) is 3.72. The highest BCUT2D eigenvalue weighted by molar-refractivity contribution is 14.0. The van der Waals surface area contributed by atoms with Crippen molar-refractivity contribution in [2.24, 2.45) is 4.99 Å². The molecule has 2 N–H and O–H groups in total. The minimum Gasteiger partial charge on any atom is -0.357 e. The van der Waals surface area contributed by atoms with Gasteiger partial charge in [0.25, 0.3) is 0 Å². The second kappa shape index (κ2) is 9.86. The van der Waals surface area contributed by atoms with Gasteiger partial charge in [-0.1, -0.05) is 5.16 Å². The Morgan fingerprint density at radius 1 is 1.37 bits per heavy atom. The van der Waals surface area contributed by atoms with Gasteiger partial charge in [-0.05, 0) is 19.8 Å². The average molecular weight is 526 g/mol. The molecule has 2 heterocycles. The Balaban J connectivity index is 0.00000364. The number of sulfonamides is 1. The van der Waals surface area contributed by atoms with E-state index in [1.54, 1.807) is 6.92 Å². The highest BCUT2D eigenvalue weighted by Crippen LogP contribution is 2.28. The van der Waals surface area contributed by atoms with Crippen LogP contribution in [0.25, 0.3) is 0 Å². The monoisotopic (exact) mass is 526 g/mol. The standard InChI is InChI=1S/C13H21F3N6O3S.HI/c1-3-17-12(18-8-11-19-9(2)25-21-11)20-10-4-6-22(7-5-10)26(23,24)13(14,15)16;/h10H,3-8H2,1-2H3,(H2,17,18,20);1H. The molecule has 2 rings (SSSR count). The number of rotatable bonds is 5. The van der Waals surface area contributed by atoms with Crippen LogP contribution in [0.15, 0.2) is 9.52 Å². The van der Waals surface area contributed by atoms with Crippen LogP contribution < -0.4 is 10.6 Å². The minimum atomic E-state index is -5.27. The summed E-state index contributed by atoms with van der Waals surface area (Å²) in [4.78, 5) is 8.32. The number of nitrogens with zero attached hydrogens (tertiary/aromatic N) is 4. The highest BCUT2D eigenvalue weighted by Gasteiger charge is 2.50. The van der Waals surface area contributed by atoms with Crippen LogP contribution in [0.4, 0.5) is 13.2 Å². The number of halogens is 4. The van der Waals surface area contributed by atoms with Crippen LogP contribution in [0.1, 0.15) is 31.5 Å². The fourth-order valence-electron chi connectivity index (χ4n) is 2.46. The Morgan fingerprint density at radius 2 is 2.00 bits per heavy atom. The van der Waals surface area contributed by atoms with Crippen molar-refractivity contribution < 1.29 is 26.1 Å². The number of aliphatic imine (C=N–C) groups is 1. The van der Waals surface area contributed by atoms with Crippen molar-refractivity contribution in [2.75, 3.05) is 19.6 Å². The van der Waals surface area contributed by atoms with Gasteiger partial charge in [-0.2, -0.15) is 22.5 Å². The summed E-state index contributed by atoms with van der Waals surface area (Å²) in [5.41, 5.74) is -5.27. The van der Waals surface area contributed by atoms with Crippen LogP contribution in [0, 0.1) is 6.92 Å². The lowest BCUT2D eigenvalue weighted by molar-refractivity contribution is -0.0494. The van der Waals surface area contributed by atoms with Crippen molar-refractivity contribution in [1.29, 1.82) is 0 Å². The minimum absolute atomic E-state index is 0. The molecule has 9 nitrogen and oxygen atoms in total. The second-order valence-electron chi connectivity index (χ2n) is 5.69. The maximum Gasteiger partial charge on any atom is 0.511 e. The smallest absolute Gasteiger partial charge is 0.357 e. The van der Waals surface area contributed by atoms with E-state index < -0.39 is 15.5 Å². The van der Waals surface area contributed by atoms with E-state index in [4.69, 9.17) is 4.52 Å². The molecule has 0 saturated carbocycles. The first kappa shape index (κ1) is 23.9. The molecule has 1 aliphatic rings. The quantitative estimate of drug-likeness (QED) is 0.339. The number of hydrogen-bond donors (Lipinski definition) is 2. The maximum absolute atomic E-state index is 12.6. The van der Waals surface area contributed by atoms with E-state index in [1.165, 1.54) is 0 Å². The van der Waals surface area contributed by atoms with Crippen LogP contribution >= 0.6 is 24.0 Å². The topological polar surface area (TPSA) is 113 Å². The van der Waals surface area contributed by atoms with E-state index >= 15 is 0 Å². The van der Waals surface area contributed by atoms with E-state index in [0.29, 0.717) is 28.5 Å². The fraction of sp³-hybridized carbons (Fsp3) is 0.769. The Kier molecular flexibility index (Phi) is 8.72. The predicted octanol–water partition coefficient (Wildman–Crippen LogP) is 1.37. The lowest BCUT2D eigenvalue weighted by atomic mass is 10.1. The molecule has 1 aromatic rings. The Bertz CT molecular complexity index is 732. The summed E-state index contributed by atoms with van der Waals surface area (Å²) in [5.74, 6) is 1.28. The van der Waals surface area contributed by atoms with E-state index in [0.717, 1.165) is 0 Å². The Labute approximate surface area is 172 Å². The van der Waals surface area contributed by atoms with E-state index in [9.17, 15) is 21.6 Å². The average Bonchev–Trinajstić information content (AvgIpc) is 2.98. The lowest BCUT2D eigenvalue weighted by Gasteiger charge is -2.32. The molecular formula is C13H22F3IN6O3S. The Morgan fingerprint density at radius 3 is 2.48 bits per heavy atom. The van der Waals surface area contributed by atoms with Crippen LogP contribution in [0.3, 0.4) is 0 Å². The second-order valence-corrected chi connectivity index (χ2v) is 7.62. The molecule has 0 aliphatic carbocycles. The van der Waals surface area contributed by atoms with Gasteiger partial charge in [0.05, 0.1) is 0 Å². The van der Waals surface area contributed by atoms with Crippen molar-refractivity contribution in [3.8, 4) is 0 Å². The SMILES string of the molecule is CCNC(=NCc1noc(C)n1)NC1CCN(S(=O)(=O)C(F)(F)F)CC1.I. The van der Waals surface area contributed by atoms with Crippen LogP contribution in [-0.4, -0.2) is 60.0 Å². The largest absolute Gasteiger partial charge is 0.511 e. The van der Waals surface area contributed by atoms with E-state index in [2.05, 4.69) is 25.8 Å². The summed E-state index contributed by atoms with van der Waals surface area (Å²) in [6.45, 7) is 3.87. The summed E-state index contributed by atoms with van der Waals surface area (Å²) in [6.07, 6.45) is 0.474. The lowest BCUT2D eigenvalue weighted by Crippen LogP contribution is -2.51. The third-order valence-corrected chi connectivity index (χ3v) is 5.35. The van der Waals surface area contributed by atoms with E-state index in [-0.39, 0.29) is 62.5 Å². The van der Waals surface area contributed by atoms with Gasteiger partial charge < -0.3 is 15.2 Å². The summed E-state index contributed by atoms with van der Waals surface area (Å²) < 4.78 is 66.0. The fourth-order valence-corrected chi connectivity index (χ4v) is 3.44. The van der Waals surface area contributed by atoms with Gasteiger partial charge in [-0.25, -0.2) is 13.4 Å². The molecule has 1 aromatic heterocycles. The molecule has 0 aromatic carbocycles. The first-order valence-corrected chi connectivity index (χ1v) is 9.48. The van der Waals surface area contributed by atoms with Crippen molar-refractivity contribution in [3.05, 3.63) is 11.7 Å². The summed E-state index contributed by atoms with van der Waals surface area (Å²) in [7, 11) is -5.27. The van der Waals surface area contributed by atoms with Crippen LogP contribution in [0.2, 0.25) is 0 Å². The van der Waals surface area contributed by atoms with Gasteiger partial charge in [-0.3, -0.25) is 0 Å². The van der Waals surface area contributed by atoms with Crippen LogP contribution in [0.5, 0.6) is 0 Å². The molecule has 27 heavy (non-hydrogen) atoms. The zero-order valence-corrected chi connectivity index (χ0v) is 17.9. The molecular weight excluding hydrogens is 504 g/mol. The van der Waals surface area contributed by atoms with Crippen molar-refractivity contribution in [3.63, 3.8) is 0 Å². The van der Waals surface area contributed by atoms with Crippen LogP contribution in [-0.2, 0) is 16.6 Å². The molecule has 1 saturated heterocycles. The molecule has 156 valence electrons. The molecule has 0 bridgehead atoms. The number of aryl methyl sites for hydroxylation is 1. The zero-order chi connectivity index (χ0) is 19.4. The van der Waals surface area contributed by atoms with E-state index in [1.807, 2.05) is 6.92 Å². The first-order valence-electron chi connectivity index (χ1n) is 8.04. The molecule has 0 atom stereocenters. The van der Waals surface area contributed by atoms with Gasteiger partial charge in [0.1, 0.15) is 6.54 Å². The molecule has 0 spiro atoms. The number of piperidine rings is 1. The van der Waals surface area contributed by atoms with Crippen molar-refractivity contribution >= 4 is 40.0 Å². The number of hydrogen-bond acceptors (Lipinski definition) is 6. The molecule has 0 unspecified atom stereocenters. The van der Waals surface area contributed by atoms with Gasteiger partial charge in [-0.15, -0.1) is 24.0 Å². The number of alkyl halides is 3. The zero-order valence-electron chi connectivity index (χ0n) is 14.8. The molecule has 1 fully saturated rings. The van der Waals surface area contributed by atoms with Gasteiger partial charge >= 0.3 is 15.5 Å². The maximum atomic E-state index is 12.6. The highest BCUT2D eigenvalue weighted by atomic mass is 127. The molecule has 0 amide bonds. The predicted molar refractivity (Wildman–Crippen MR) is 102 cm³/mol. The molecule has 0 radical (unpaired) electrons. The van der Waals surface area contributed by atoms with Gasteiger partial charge in [0.15, 0.2) is 11.8 Å². The number of guanidine groups is 1.